The van der Waals surface area contributed by atoms with Crippen molar-refractivity contribution >= 4 is 35.2 Å². The zero-order valence-electron chi connectivity index (χ0n) is 25.6. The summed E-state index contributed by atoms with van der Waals surface area (Å²) < 4.78 is 10.9. The van der Waals surface area contributed by atoms with E-state index in [2.05, 4.69) is 10.6 Å². The monoisotopic (exact) mass is 588 g/mol. The van der Waals surface area contributed by atoms with Crippen molar-refractivity contribution in [2.24, 2.45) is 5.41 Å². The Hall–Kier alpha value is -3.48. The molecule has 1 aliphatic carbocycles. The summed E-state index contributed by atoms with van der Waals surface area (Å²) in [5.74, 6) is -1.40. The molecular formula is C30H44N4O8. The molecule has 1 aliphatic heterocycles. The average molecular weight is 589 g/mol. The minimum Gasteiger partial charge on any atom is -0.379 e. The third-order valence-electron chi connectivity index (χ3n) is 7.33. The Morgan fingerprint density at radius 1 is 0.833 bits per heavy atom. The maximum atomic E-state index is 12.9. The fourth-order valence-corrected chi connectivity index (χ4v) is 4.68. The standard InChI is InChI=1S/C30H44N4O8/c1-20-21(2)29(40)27(22(3)28(20)39)30(4,5)19-26(38)33(6)13-10-31-12-16-42-18-17-41-15-9-23(35)32-11-14-34-24(36)7-8-25(34)37/h7-8,31H,9-19H2,1-6H3,(H,32,35). The van der Waals surface area contributed by atoms with Crippen LogP contribution in [0.25, 0.3) is 0 Å². The molecule has 2 aliphatic rings. The van der Waals surface area contributed by atoms with Crippen LogP contribution in [0.15, 0.2) is 34.4 Å². The lowest BCUT2D eigenvalue weighted by molar-refractivity contribution is -0.137. The molecule has 0 aromatic heterocycles. The number of imide groups is 1. The van der Waals surface area contributed by atoms with Crippen LogP contribution < -0.4 is 10.6 Å². The van der Waals surface area contributed by atoms with Gasteiger partial charge in [-0.05, 0) is 20.8 Å². The van der Waals surface area contributed by atoms with Gasteiger partial charge in [0.15, 0.2) is 11.6 Å². The first-order chi connectivity index (χ1) is 19.8. The van der Waals surface area contributed by atoms with Crippen LogP contribution in [0.4, 0.5) is 0 Å². The minimum atomic E-state index is -0.772. The third kappa shape index (κ3) is 9.81. The van der Waals surface area contributed by atoms with Crippen molar-refractivity contribution in [1.29, 1.82) is 0 Å². The summed E-state index contributed by atoms with van der Waals surface area (Å²) >= 11 is 0. The van der Waals surface area contributed by atoms with Crippen LogP contribution in [-0.2, 0) is 38.2 Å². The highest BCUT2D eigenvalue weighted by molar-refractivity contribution is 6.25. The molecule has 1 heterocycles. The Kier molecular flexibility index (Phi) is 13.4. The van der Waals surface area contributed by atoms with Crippen LogP contribution in [0.5, 0.6) is 0 Å². The smallest absolute Gasteiger partial charge is 0.253 e. The Morgan fingerprint density at radius 2 is 1.43 bits per heavy atom. The molecule has 2 rings (SSSR count). The van der Waals surface area contributed by atoms with Gasteiger partial charge >= 0.3 is 0 Å². The number of hydrogen-bond acceptors (Lipinski definition) is 9. The number of carbonyl (C=O) groups is 6. The second-order valence-electron chi connectivity index (χ2n) is 11.0. The van der Waals surface area contributed by atoms with Crippen LogP contribution in [0, 0.1) is 5.41 Å². The van der Waals surface area contributed by atoms with Crippen LogP contribution in [-0.4, -0.2) is 111 Å². The van der Waals surface area contributed by atoms with Gasteiger partial charge in [0.05, 0.1) is 26.4 Å². The molecule has 12 heteroatoms. The number of Topliss-reactive ketones (excluding diaryl/α,β-unsaturated/α-hetero) is 2. The predicted molar refractivity (Wildman–Crippen MR) is 155 cm³/mol. The van der Waals surface area contributed by atoms with Gasteiger partial charge in [-0.1, -0.05) is 13.8 Å². The van der Waals surface area contributed by atoms with Gasteiger partial charge < -0.3 is 25.0 Å². The maximum Gasteiger partial charge on any atom is 0.253 e. The largest absolute Gasteiger partial charge is 0.379 e. The predicted octanol–water partition coefficient (Wildman–Crippen LogP) is 0.720. The van der Waals surface area contributed by atoms with Crippen molar-refractivity contribution in [3.63, 3.8) is 0 Å². The second kappa shape index (κ2) is 16.2. The van der Waals surface area contributed by atoms with E-state index in [0.29, 0.717) is 61.7 Å². The second-order valence-corrected chi connectivity index (χ2v) is 11.0. The van der Waals surface area contributed by atoms with E-state index in [0.717, 1.165) is 4.90 Å². The van der Waals surface area contributed by atoms with Gasteiger partial charge in [0.1, 0.15) is 0 Å². The van der Waals surface area contributed by atoms with Crippen molar-refractivity contribution < 1.29 is 38.2 Å². The summed E-state index contributed by atoms with van der Waals surface area (Å²) in [5.41, 5.74) is 0.973. The van der Waals surface area contributed by atoms with Crippen LogP contribution >= 0.6 is 0 Å². The number of nitrogens with one attached hydrogen (secondary N) is 2. The molecule has 0 fully saturated rings. The van der Waals surface area contributed by atoms with E-state index in [4.69, 9.17) is 9.47 Å². The normalized spacial score (nSPS) is 15.8. The molecule has 0 aromatic carbocycles. The van der Waals surface area contributed by atoms with Crippen LogP contribution in [0.3, 0.4) is 0 Å². The zero-order chi connectivity index (χ0) is 31.4. The summed E-state index contributed by atoms with van der Waals surface area (Å²) in [7, 11) is 1.71. The van der Waals surface area contributed by atoms with Gasteiger partial charge in [-0.25, -0.2) is 0 Å². The number of hydrogen-bond donors (Lipinski definition) is 2. The average Bonchev–Trinajstić information content (AvgIpc) is 3.25. The molecule has 12 nitrogen and oxygen atoms in total. The Labute approximate surface area is 247 Å². The lowest BCUT2D eigenvalue weighted by Crippen LogP contribution is -2.39. The fraction of sp³-hybridized carbons (Fsp3) is 0.600. The Balaban J connectivity index is 1.51. The molecule has 0 bridgehead atoms. The molecule has 0 unspecified atom stereocenters. The van der Waals surface area contributed by atoms with Crippen molar-refractivity contribution in [2.75, 3.05) is 66.2 Å². The van der Waals surface area contributed by atoms with Crippen molar-refractivity contribution in [1.82, 2.24) is 20.4 Å². The van der Waals surface area contributed by atoms with Gasteiger partial charge in [-0.3, -0.25) is 33.7 Å². The highest BCUT2D eigenvalue weighted by atomic mass is 16.5. The third-order valence-corrected chi connectivity index (χ3v) is 7.33. The van der Waals surface area contributed by atoms with E-state index < -0.39 is 5.41 Å². The number of rotatable bonds is 18. The first kappa shape index (κ1) is 34.7. The SMILES string of the molecule is CC1=C(C)C(=O)C(C(C)(C)CC(=O)N(C)CCNCCOCCOCCC(=O)NCCN2C(=O)C=CC2=O)=C(C)C1=O. The molecular weight excluding hydrogens is 544 g/mol. The molecule has 2 N–H and O–H groups in total. The highest BCUT2D eigenvalue weighted by Crippen LogP contribution is 2.39. The lowest BCUT2D eigenvalue weighted by atomic mass is 9.71. The molecule has 0 saturated heterocycles. The molecule has 232 valence electrons. The first-order valence-corrected chi connectivity index (χ1v) is 14.2. The fourth-order valence-electron chi connectivity index (χ4n) is 4.68. The van der Waals surface area contributed by atoms with Gasteiger partial charge in [0.2, 0.25) is 11.8 Å². The highest BCUT2D eigenvalue weighted by Gasteiger charge is 2.38. The van der Waals surface area contributed by atoms with Crippen LogP contribution in [0.2, 0.25) is 0 Å². The molecule has 0 aromatic rings. The quantitative estimate of drug-likeness (QED) is 0.134. The summed E-state index contributed by atoms with van der Waals surface area (Å²) in [6, 6.07) is 0. The first-order valence-electron chi connectivity index (χ1n) is 14.2. The van der Waals surface area contributed by atoms with E-state index in [1.54, 1.807) is 32.7 Å². The zero-order valence-corrected chi connectivity index (χ0v) is 25.6. The van der Waals surface area contributed by atoms with Crippen molar-refractivity contribution in [3.8, 4) is 0 Å². The Morgan fingerprint density at radius 3 is 2.07 bits per heavy atom. The number of likely N-dealkylation sites (N-methyl/N-ethyl adjacent to an activating group) is 1. The summed E-state index contributed by atoms with van der Waals surface area (Å²) in [5, 5.41) is 5.86. The van der Waals surface area contributed by atoms with Gasteiger partial charge in [-0.2, -0.15) is 0 Å². The number of amides is 4. The number of nitrogens with zero attached hydrogens (tertiary/aromatic N) is 2. The summed E-state index contributed by atoms with van der Waals surface area (Å²) in [4.78, 5) is 75.7. The van der Waals surface area contributed by atoms with E-state index in [1.807, 2.05) is 13.8 Å². The number of ketones is 2. The summed E-state index contributed by atoms with van der Waals surface area (Å²) in [6.45, 7) is 12.0. The number of allylic oxidation sites excluding steroid dienone is 4. The van der Waals surface area contributed by atoms with E-state index in [-0.39, 0.29) is 67.7 Å². The minimum absolute atomic E-state index is 0.109. The Bertz CT molecular complexity index is 1150. The van der Waals surface area contributed by atoms with E-state index >= 15 is 0 Å². The maximum absolute atomic E-state index is 12.9. The number of ether oxygens (including phenoxy) is 2. The van der Waals surface area contributed by atoms with E-state index in [1.165, 1.54) is 12.2 Å². The molecule has 0 atom stereocenters. The molecule has 0 radical (unpaired) electrons. The van der Waals surface area contributed by atoms with Crippen molar-refractivity contribution in [3.05, 3.63) is 34.4 Å². The molecule has 0 spiro atoms. The molecule has 4 amide bonds. The number of carbonyl (C=O) groups excluding carboxylic acids is 6. The molecule has 42 heavy (non-hydrogen) atoms. The van der Waals surface area contributed by atoms with Crippen molar-refractivity contribution in [2.45, 2.75) is 47.5 Å². The summed E-state index contributed by atoms with van der Waals surface area (Å²) in [6.07, 6.45) is 2.68. The van der Waals surface area contributed by atoms with Gasteiger partial charge in [0.25, 0.3) is 11.8 Å². The van der Waals surface area contributed by atoms with Gasteiger partial charge in [-0.15, -0.1) is 0 Å². The lowest BCUT2D eigenvalue weighted by Gasteiger charge is -2.32. The molecule has 0 saturated carbocycles. The van der Waals surface area contributed by atoms with Crippen LogP contribution in [0.1, 0.15) is 47.5 Å². The topological polar surface area (TPSA) is 151 Å². The van der Waals surface area contributed by atoms with E-state index in [9.17, 15) is 28.8 Å². The van der Waals surface area contributed by atoms with Gasteiger partial charge in [0, 0.05) is 92.5 Å².